The molecule has 2 fully saturated rings. The molecule has 2 aliphatic rings. The molecular weight excluding hydrogens is 170 g/mol. The van der Waals surface area contributed by atoms with Crippen molar-refractivity contribution in [2.24, 2.45) is 0 Å². The van der Waals surface area contributed by atoms with Crippen LogP contribution >= 0.6 is 0 Å². The van der Waals surface area contributed by atoms with E-state index in [1.165, 1.54) is 4.90 Å². The number of epoxide rings is 1. The normalized spacial score (nSPS) is 30.5. The van der Waals surface area contributed by atoms with Gasteiger partial charge in [-0.25, -0.2) is 4.79 Å². The Morgan fingerprint density at radius 3 is 2.62 bits per heavy atom. The lowest BCUT2D eigenvalue weighted by molar-refractivity contribution is 0.113. The first kappa shape index (κ1) is 8.81. The Hall–Kier alpha value is -0.770. The van der Waals surface area contributed by atoms with Gasteiger partial charge in [0, 0.05) is 13.1 Å². The summed E-state index contributed by atoms with van der Waals surface area (Å²) >= 11 is 0. The van der Waals surface area contributed by atoms with Crippen molar-refractivity contribution in [3.63, 3.8) is 0 Å². The summed E-state index contributed by atoms with van der Waals surface area (Å²) in [5, 5.41) is 8.74. The second kappa shape index (κ2) is 2.87. The SMILES string of the molecule is CCC1OC12CCN(C(=O)O)CC2. The predicted molar refractivity (Wildman–Crippen MR) is 46.7 cm³/mol. The fourth-order valence-corrected chi connectivity index (χ4v) is 2.22. The quantitative estimate of drug-likeness (QED) is 0.626. The highest BCUT2D eigenvalue weighted by molar-refractivity contribution is 5.65. The highest BCUT2D eigenvalue weighted by Gasteiger charge is 2.56. The van der Waals surface area contributed by atoms with Crippen molar-refractivity contribution >= 4 is 6.09 Å². The van der Waals surface area contributed by atoms with E-state index in [-0.39, 0.29) is 5.60 Å². The number of ether oxygens (including phenoxy) is 1. The first-order valence-electron chi connectivity index (χ1n) is 4.83. The Morgan fingerprint density at radius 2 is 2.23 bits per heavy atom. The van der Waals surface area contributed by atoms with Gasteiger partial charge in [0.25, 0.3) is 0 Å². The monoisotopic (exact) mass is 185 g/mol. The Labute approximate surface area is 77.5 Å². The summed E-state index contributed by atoms with van der Waals surface area (Å²) in [5.41, 5.74) is 0.0563. The second-order valence-electron chi connectivity index (χ2n) is 3.85. The summed E-state index contributed by atoms with van der Waals surface area (Å²) in [6, 6.07) is 0. The zero-order chi connectivity index (χ0) is 9.47. The van der Waals surface area contributed by atoms with Crippen molar-refractivity contribution in [2.45, 2.75) is 37.9 Å². The molecule has 1 amide bonds. The summed E-state index contributed by atoms with van der Waals surface area (Å²) in [6.45, 7) is 3.38. The third-order valence-electron chi connectivity index (χ3n) is 3.16. The number of hydrogen-bond acceptors (Lipinski definition) is 2. The van der Waals surface area contributed by atoms with Crippen LogP contribution in [0.5, 0.6) is 0 Å². The maximum absolute atomic E-state index is 10.6. The number of piperidine rings is 1. The second-order valence-corrected chi connectivity index (χ2v) is 3.85. The molecule has 4 heteroatoms. The maximum atomic E-state index is 10.6. The molecule has 0 aliphatic carbocycles. The molecule has 0 aromatic rings. The van der Waals surface area contributed by atoms with Gasteiger partial charge in [-0.3, -0.25) is 0 Å². The highest BCUT2D eigenvalue weighted by atomic mass is 16.6. The minimum Gasteiger partial charge on any atom is -0.465 e. The summed E-state index contributed by atoms with van der Waals surface area (Å²) in [5.74, 6) is 0. The van der Waals surface area contributed by atoms with Crippen LogP contribution in [0.1, 0.15) is 26.2 Å². The minimum atomic E-state index is -0.802. The number of likely N-dealkylation sites (tertiary alicyclic amines) is 1. The Balaban J connectivity index is 1.87. The van der Waals surface area contributed by atoms with E-state index in [4.69, 9.17) is 9.84 Å². The first-order chi connectivity index (χ1) is 6.18. The van der Waals surface area contributed by atoms with E-state index in [1.54, 1.807) is 0 Å². The third kappa shape index (κ3) is 1.39. The molecule has 13 heavy (non-hydrogen) atoms. The van der Waals surface area contributed by atoms with Crippen LogP contribution in [-0.2, 0) is 4.74 Å². The van der Waals surface area contributed by atoms with E-state index in [1.807, 2.05) is 0 Å². The molecule has 4 nitrogen and oxygen atoms in total. The summed E-state index contributed by atoms with van der Waals surface area (Å²) in [4.78, 5) is 12.1. The fraction of sp³-hybridized carbons (Fsp3) is 0.889. The Bertz CT molecular complexity index is 221. The minimum absolute atomic E-state index is 0.0563. The molecule has 1 N–H and O–H groups in total. The van der Waals surface area contributed by atoms with Crippen molar-refractivity contribution in [3.8, 4) is 0 Å². The van der Waals surface area contributed by atoms with Gasteiger partial charge in [0.05, 0.1) is 11.7 Å². The Morgan fingerprint density at radius 1 is 1.62 bits per heavy atom. The third-order valence-corrected chi connectivity index (χ3v) is 3.16. The molecule has 2 aliphatic heterocycles. The summed E-state index contributed by atoms with van der Waals surface area (Å²) in [6.07, 6.45) is 2.38. The molecule has 0 bridgehead atoms. The molecule has 0 aromatic heterocycles. The molecule has 1 spiro atoms. The van der Waals surface area contributed by atoms with Crippen LogP contribution < -0.4 is 0 Å². The molecule has 2 saturated heterocycles. The lowest BCUT2D eigenvalue weighted by Crippen LogP contribution is -2.41. The van der Waals surface area contributed by atoms with Gasteiger partial charge < -0.3 is 14.7 Å². The number of nitrogens with zero attached hydrogens (tertiary/aromatic N) is 1. The fourth-order valence-electron chi connectivity index (χ4n) is 2.22. The van der Waals surface area contributed by atoms with Crippen molar-refractivity contribution < 1.29 is 14.6 Å². The lowest BCUT2D eigenvalue weighted by Gasteiger charge is -2.28. The molecule has 0 aromatic carbocycles. The lowest BCUT2D eigenvalue weighted by atomic mass is 9.92. The predicted octanol–water partition coefficient (Wildman–Crippen LogP) is 1.31. The number of amides is 1. The van der Waals surface area contributed by atoms with Crippen LogP contribution in [0.4, 0.5) is 4.79 Å². The zero-order valence-corrected chi connectivity index (χ0v) is 7.82. The standard InChI is InChI=1S/C9H15NO3/c1-2-7-9(13-7)3-5-10(6-4-9)8(11)12/h7H,2-6H2,1H3,(H,11,12). The number of carbonyl (C=O) groups is 1. The van der Waals surface area contributed by atoms with Gasteiger partial charge in [0.15, 0.2) is 0 Å². The van der Waals surface area contributed by atoms with E-state index < -0.39 is 6.09 Å². The van der Waals surface area contributed by atoms with Gasteiger partial charge in [-0.05, 0) is 19.3 Å². The molecule has 1 unspecified atom stereocenters. The van der Waals surface area contributed by atoms with Gasteiger partial charge in [0.1, 0.15) is 0 Å². The van der Waals surface area contributed by atoms with Crippen LogP contribution in [0.25, 0.3) is 0 Å². The first-order valence-corrected chi connectivity index (χ1v) is 4.83. The van der Waals surface area contributed by atoms with Gasteiger partial charge >= 0.3 is 6.09 Å². The Kier molecular flexibility index (Phi) is 1.95. The van der Waals surface area contributed by atoms with E-state index >= 15 is 0 Å². The van der Waals surface area contributed by atoms with Gasteiger partial charge in [-0.2, -0.15) is 0 Å². The maximum Gasteiger partial charge on any atom is 0.407 e. The van der Waals surface area contributed by atoms with Crippen LogP contribution in [0, 0.1) is 0 Å². The van der Waals surface area contributed by atoms with Crippen LogP contribution in [0.15, 0.2) is 0 Å². The number of hydrogen-bond donors (Lipinski definition) is 1. The smallest absolute Gasteiger partial charge is 0.407 e. The van der Waals surface area contributed by atoms with Gasteiger partial charge in [-0.15, -0.1) is 0 Å². The molecule has 2 heterocycles. The van der Waals surface area contributed by atoms with E-state index in [0.29, 0.717) is 19.2 Å². The summed E-state index contributed by atoms with van der Waals surface area (Å²) < 4.78 is 5.60. The van der Waals surface area contributed by atoms with E-state index in [0.717, 1.165) is 19.3 Å². The van der Waals surface area contributed by atoms with Crippen LogP contribution in [0.2, 0.25) is 0 Å². The van der Waals surface area contributed by atoms with Crippen molar-refractivity contribution in [1.29, 1.82) is 0 Å². The molecule has 74 valence electrons. The average Bonchev–Trinajstić information content (AvgIpc) is 2.80. The average molecular weight is 185 g/mol. The van der Waals surface area contributed by atoms with Crippen LogP contribution in [-0.4, -0.2) is 40.9 Å². The number of rotatable bonds is 1. The van der Waals surface area contributed by atoms with Crippen molar-refractivity contribution in [3.05, 3.63) is 0 Å². The van der Waals surface area contributed by atoms with Crippen LogP contribution in [0.3, 0.4) is 0 Å². The van der Waals surface area contributed by atoms with Crippen molar-refractivity contribution in [2.75, 3.05) is 13.1 Å². The van der Waals surface area contributed by atoms with E-state index in [9.17, 15) is 4.79 Å². The largest absolute Gasteiger partial charge is 0.465 e. The van der Waals surface area contributed by atoms with Gasteiger partial charge in [0.2, 0.25) is 0 Å². The van der Waals surface area contributed by atoms with Gasteiger partial charge in [-0.1, -0.05) is 6.92 Å². The molecule has 0 radical (unpaired) electrons. The summed E-state index contributed by atoms with van der Waals surface area (Å²) in [7, 11) is 0. The highest BCUT2D eigenvalue weighted by Crippen LogP contribution is 2.46. The van der Waals surface area contributed by atoms with Crippen molar-refractivity contribution in [1.82, 2.24) is 4.90 Å². The molecule has 1 atom stereocenters. The molecular formula is C9H15NO3. The topological polar surface area (TPSA) is 53.1 Å². The molecule has 2 rings (SSSR count). The zero-order valence-electron chi connectivity index (χ0n) is 7.82. The molecule has 0 saturated carbocycles. The van der Waals surface area contributed by atoms with E-state index in [2.05, 4.69) is 6.92 Å². The number of carboxylic acid groups (broad SMARTS) is 1.